The minimum atomic E-state index is 0.646. The maximum Gasteiger partial charge on any atom is 0.128 e. The fourth-order valence-corrected chi connectivity index (χ4v) is 3.65. The number of benzene rings is 4. The molecule has 1 heterocycles. The highest BCUT2D eigenvalue weighted by Crippen LogP contribution is 2.26. The number of hydrogen-bond donors (Lipinski definition) is 0. The van der Waals surface area contributed by atoms with Gasteiger partial charge in [-0.3, -0.25) is 4.99 Å². The van der Waals surface area contributed by atoms with Crippen LogP contribution in [0.4, 0.5) is 5.69 Å². The molecule has 0 spiro atoms. The maximum absolute atomic E-state index is 6.01. The van der Waals surface area contributed by atoms with Crippen LogP contribution >= 0.6 is 11.6 Å². The van der Waals surface area contributed by atoms with E-state index < -0.39 is 0 Å². The van der Waals surface area contributed by atoms with Gasteiger partial charge in [-0.2, -0.15) is 0 Å². The molecule has 4 aromatic carbocycles. The van der Waals surface area contributed by atoms with E-state index in [1.165, 1.54) is 10.8 Å². The van der Waals surface area contributed by atoms with Crippen molar-refractivity contribution in [2.24, 2.45) is 4.99 Å². The van der Waals surface area contributed by atoms with Crippen molar-refractivity contribution in [1.29, 1.82) is 0 Å². The molecule has 0 atom stereocenters. The van der Waals surface area contributed by atoms with Gasteiger partial charge >= 0.3 is 0 Å². The van der Waals surface area contributed by atoms with Crippen molar-refractivity contribution in [3.05, 3.63) is 120 Å². The molecule has 0 bridgehead atoms. The minimum absolute atomic E-state index is 0.646. The third kappa shape index (κ3) is 4.37. The van der Waals surface area contributed by atoms with Crippen molar-refractivity contribution in [1.82, 2.24) is 4.57 Å². The molecule has 150 valence electrons. The van der Waals surface area contributed by atoms with Crippen LogP contribution in [0.5, 0.6) is 11.5 Å². The topological polar surface area (TPSA) is 26.5 Å². The summed E-state index contributed by atoms with van der Waals surface area (Å²) in [6.45, 7) is 0. The summed E-state index contributed by atoms with van der Waals surface area (Å²) in [7, 11) is 0. The van der Waals surface area contributed by atoms with Gasteiger partial charge in [0.15, 0.2) is 0 Å². The minimum Gasteiger partial charge on any atom is -0.457 e. The Labute approximate surface area is 185 Å². The van der Waals surface area contributed by atoms with Crippen LogP contribution in [0.1, 0.15) is 5.69 Å². The fraction of sp³-hybridized carbons (Fsp3) is 0. The summed E-state index contributed by atoms with van der Waals surface area (Å²) >= 11 is 6.01. The number of halogens is 1. The Balaban J connectivity index is 1.34. The van der Waals surface area contributed by atoms with Crippen molar-refractivity contribution in [3.63, 3.8) is 0 Å². The van der Waals surface area contributed by atoms with Crippen LogP contribution < -0.4 is 4.74 Å². The Morgan fingerprint density at radius 3 is 2.39 bits per heavy atom. The molecular formula is C27H19ClN2O. The van der Waals surface area contributed by atoms with Crippen LogP contribution in [-0.2, 0) is 0 Å². The van der Waals surface area contributed by atoms with Crippen molar-refractivity contribution in [2.45, 2.75) is 0 Å². The molecular weight excluding hydrogens is 404 g/mol. The van der Waals surface area contributed by atoms with Gasteiger partial charge in [-0.1, -0.05) is 48.0 Å². The van der Waals surface area contributed by atoms with Crippen LogP contribution in [-0.4, -0.2) is 10.8 Å². The van der Waals surface area contributed by atoms with Gasteiger partial charge in [0, 0.05) is 16.9 Å². The summed E-state index contributed by atoms with van der Waals surface area (Å²) in [5.41, 5.74) is 2.97. The normalized spacial score (nSPS) is 11.3. The number of aliphatic imine (C=N–C) groups is 1. The lowest BCUT2D eigenvalue weighted by molar-refractivity contribution is 0.483. The first kappa shape index (κ1) is 19.2. The highest BCUT2D eigenvalue weighted by Gasteiger charge is 2.03. The van der Waals surface area contributed by atoms with Gasteiger partial charge in [0.25, 0.3) is 0 Å². The Bertz CT molecular complexity index is 1370. The van der Waals surface area contributed by atoms with Gasteiger partial charge in [0.2, 0.25) is 0 Å². The molecule has 1 aromatic heterocycles. The van der Waals surface area contributed by atoms with Crippen LogP contribution in [0, 0.1) is 0 Å². The van der Waals surface area contributed by atoms with Crippen LogP contribution in [0.15, 0.2) is 114 Å². The zero-order valence-electron chi connectivity index (χ0n) is 16.7. The molecule has 0 aliphatic heterocycles. The molecule has 0 saturated heterocycles. The standard InChI is InChI=1S/C27H19ClN2O/c28-22-7-3-9-27(18-22)31-26-14-11-23(12-15-26)29-19-25-8-4-16-30(25)24-13-10-20-5-1-2-6-21(20)17-24/h1-19H. The van der Waals surface area contributed by atoms with Gasteiger partial charge in [0.05, 0.1) is 17.6 Å². The SMILES string of the molecule is Clc1cccc(Oc2ccc(N=Cc3cccn3-c3ccc4ccccc4c3)cc2)c1. The molecule has 31 heavy (non-hydrogen) atoms. The van der Waals surface area contributed by atoms with E-state index in [4.69, 9.17) is 16.3 Å². The zero-order chi connectivity index (χ0) is 21.0. The largest absolute Gasteiger partial charge is 0.457 e. The van der Waals surface area contributed by atoms with Crippen LogP contribution in [0.2, 0.25) is 5.02 Å². The van der Waals surface area contributed by atoms with Gasteiger partial charge < -0.3 is 9.30 Å². The predicted octanol–water partition coefficient (Wildman–Crippen LogP) is 7.83. The molecule has 5 aromatic rings. The van der Waals surface area contributed by atoms with Crippen molar-refractivity contribution in [3.8, 4) is 17.2 Å². The molecule has 0 N–H and O–H groups in total. The summed E-state index contributed by atoms with van der Waals surface area (Å²) in [5, 5.41) is 3.09. The molecule has 0 aliphatic carbocycles. The third-order valence-electron chi connectivity index (χ3n) is 5.01. The average molecular weight is 423 g/mol. The molecule has 0 saturated carbocycles. The summed E-state index contributed by atoms with van der Waals surface area (Å²) in [6, 6.07) is 33.9. The van der Waals surface area contributed by atoms with E-state index in [0.29, 0.717) is 10.8 Å². The van der Waals surface area contributed by atoms with E-state index in [2.05, 4.69) is 58.1 Å². The van der Waals surface area contributed by atoms with Crippen molar-refractivity contribution < 1.29 is 4.74 Å². The number of hydrogen-bond acceptors (Lipinski definition) is 2. The van der Waals surface area contributed by atoms with Crippen LogP contribution in [0.3, 0.4) is 0 Å². The van der Waals surface area contributed by atoms with Gasteiger partial charge in [-0.15, -0.1) is 0 Å². The summed E-state index contributed by atoms with van der Waals surface area (Å²) in [4.78, 5) is 4.64. The van der Waals surface area contributed by atoms with Crippen molar-refractivity contribution in [2.75, 3.05) is 0 Å². The molecule has 3 nitrogen and oxygen atoms in total. The second-order valence-corrected chi connectivity index (χ2v) is 7.58. The molecule has 4 heteroatoms. The Hall–Kier alpha value is -3.82. The first-order chi connectivity index (χ1) is 15.2. The lowest BCUT2D eigenvalue weighted by Gasteiger charge is -2.08. The zero-order valence-corrected chi connectivity index (χ0v) is 17.4. The quantitative estimate of drug-likeness (QED) is 0.265. The first-order valence-electron chi connectivity index (χ1n) is 9.99. The number of fused-ring (bicyclic) bond motifs is 1. The lowest BCUT2D eigenvalue weighted by atomic mass is 10.1. The van der Waals surface area contributed by atoms with E-state index in [1.807, 2.05) is 60.9 Å². The molecule has 0 fully saturated rings. The molecule has 0 amide bonds. The van der Waals surface area contributed by atoms with E-state index >= 15 is 0 Å². The van der Waals surface area contributed by atoms with Crippen molar-refractivity contribution >= 4 is 34.3 Å². The fourth-order valence-electron chi connectivity index (χ4n) is 3.47. The lowest BCUT2D eigenvalue weighted by Crippen LogP contribution is -1.97. The van der Waals surface area contributed by atoms with Gasteiger partial charge in [-0.05, 0) is 77.5 Å². The Morgan fingerprint density at radius 1 is 0.710 bits per heavy atom. The summed E-state index contributed by atoms with van der Waals surface area (Å²) < 4.78 is 7.97. The molecule has 5 rings (SSSR count). The molecule has 0 radical (unpaired) electrons. The monoisotopic (exact) mass is 422 g/mol. The van der Waals surface area contributed by atoms with E-state index in [0.717, 1.165) is 22.8 Å². The average Bonchev–Trinajstić information content (AvgIpc) is 3.27. The summed E-state index contributed by atoms with van der Waals surface area (Å²) in [6.07, 6.45) is 3.93. The predicted molar refractivity (Wildman–Crippen MR) is 128 cm³/mol. The van der Waals surface area contributed by atoms with E-state index in [1.54, 1.807) is 6.07 Å². The third-order valence-corrected chi connectivity index (χ3v) is 5.24. The number of nitrogens with zero attached hydrogens (tertiary/aromatic N) is 2. The highest BCUT2D eigenvalue weighted by molar-refractivity contribution is 6.30. The van der Waals surface area contributed by atoms with Gasteiger partial charge in [-0.25, -0.2) is 0 Å². The smallest absolute Gasteiger partial charge is 0.128 e. The second kappa shape index (κ2) is 8.50. The first-order valence-corrected chi connectivity index (χ1v) is 10.4. The number of ether oxygens (including phenoxy) is 1. The Kier molecular flexibility index (Phi) is 5.26. The molecule has 0 aliphatic rings. The highest BCUT2D eigenvalue weighted by atomic mass is 35.5. The van der Waals surface area contributed by atoms with Gasteiger partial charge in [0.1, 0.15) is 11.5 Å². The second-order valence-electron chi connectivity index (χ2n) is 7.15. The summed E-state index contributed by atoms with van der Waals surface area (Å²) in [5.74, 6) is 1.44. The Morgan fingerprint density at radius 2 is 1.55 bits per heavy atom. The molecule has 0 unspecified atom stereocenters. The number of aromatic nitrogens is 1. The number of rotatable bonds is 5. The van der Waals surface area contributed by atoms with Crippen LogP contribution in [0.25, 0.3) is 16.5 Å². The van der Waals surface area contributed by atoms with E-state index in [-0.39, 0.29) is 0 Å². The maximum atomic E-state index is 6.01. The van der Waals surface area contributed by atoms with E-state index in [9.17, 15) is 0 Å².